The maximum absolute atomic E-state index is 13.6. The lowest BCUT2D eigenvalue weighted by atomic mass is 10.2. The van der Waals surface area contributed by atoms with E-state index in [9.17, 15) is 9.18 Å². The number of aryl methyl sites for hydroxylation is 1. The van der Waals surface area contributed by atoms with Crippen LogP contribution in [0.2, 0.25) is 0 Å². The van der Waals surface area contributed by atoms with Crippen LogP contribution >= 0.6 is 11.8 Å². The Labute approximate surface area is 180 Å². The zero-order valence-electron chi connectivity index (χ0n) is 17.1. The highest BCUT2D eigenvalue weighted by atomic mass is 32.2. The average molecular weight is 425 g/mol. The standard InChI is InChI=1S/C23H25FN4OS/c1-17-4-2-5-19(26-17)15-27-10-3-11-28(13-12-27)23(29)16-30-22-8-9-25-21-7-6-18(24)14-20(21)22/h2,4-9,14H,3,10-13,15-16H2,1H3. The Kier molecular flexibility index (Phi) is 6.59. The van der Waals surface area contributed by atoms with Crippen molar-refractivity contribution < 1.29 is 9.18 Å². The molecule has 4 rings (SSSR count). The molecule has 2 aromatic heterocycles. The van der Waals surface area contributed by atoms with Crippen molar-refractivity contribution in [1.29, 1.82) is 0 Å². The van der Waals surface area contributed by atoms with Gasteiger partial charge in [-0.05, 0) is 49.7 Å². The van der Waals surface area contributed by atoms with E-state index in [0.717, 1.165) is 66.3 Å². The van der Waals surface area contributed by atoms with Crippen LogP contribution in [0.4, 0.5) is 4.39 Å². The first kappa shape index (κ1) is 20.8. The van der Waals surface area contributed by atoms with Crippen LogP contribution in [0, 0.1) is 12.7 Å². The van der Waals surface area contributed by atoms with E-state index in [0.29, 0.717) is 5.75 Å². The van der Waals surface area contributed by atoms with Gasteiger partial charge in [-0.15, -0.1) is 11.8 Å². The fourth-order valence-electron chi connectivity index (χ4n) is 3.74. The average Bonchev–Trinajstić information content (AvgIpc) is 2.97. The summed E-state index contributed by atoms with van der Waals surface area (Å²) in [5.41, 5.74) is 2.84. The normalized spacial score (nSPS) is 15.3. The predicted octanol–water partition coefficient (Wildman–Crippen LogP) is 3.90. The first-order valence-electron chi connectivity index (χ1n) is 10.2. The van der Waals surface area contributed by atoms with Crippen LogP contribution in [0.1, 0.15) is 17.8 Å². The molecular weight excluding hydrogens is 399 g/mol. The number of benzene rings is 1. The third kappa shape index (κ3) is 5.15. The Bertz CT molecular complexity index is 1040. The Hall–Kier alpha value is -2.51. The van der Waals surface area contributed by atoms with Crippen molar-refractivity contribution in [2.75, 3.05) is 31.9 Å². The van der Waals surface area contributed by atoms with Gasteiger partial charge in [-0.2, -0.15) is 0 Å². The van der Waals surface area contributed by atoms with E-state index in [1.165, 1.54) is 23.9 Å². The topological polar surface area (TPSA) is 49.3 Å². The van der Waals surface area contributed by atoms with Crippen LogP contribution in [0.25, 0.3) is 10.9 Å². The number of aromatic nitrogens is 2. The molecule has 1 saturated heterocycles. The van der Waals surface area contributed by atoms with E-state index in [1.54, 1.807) is 12.3 Å². The van der Waals surface area contributed by atoms with Crippen molar-refractivity contribution >= 4 is 28.6 Å². The summed E-state index contributed by atoms with van der Waals surface area (Å²) >= 11 is 1.45. The number of fused-ring (bicyclic) bond motifs is 1. The number of carbonyl (C=O) groups is 1. The highest BCUT2D eigenvalue weighted by molar-refractivity contribution is 8.00. The van der Waals surface area contributed by atoms with Crippen LogP contribution in [0.5, 0.6) is 0 Å². The van der Waals surface area contributed by atoms with E-state index in [1.807, 2.05) is 30.0 Å². The number of halogens is 1. The summed E-state index contributed by atoms with van der Waals surface area (Å²) < 4.78 is 13.6. The van der Waals surface area contributed by atoms with Crippen molar-refractivity contribution in [3.05, 3.63) is 65.9 Å². The first-order valence-corrected chi connectivity index (χ1v) is 11.2. The second-order valence-corrected chi connectivity index (χ2v) is 8.56. The third-order valence-electron chi connectivity index (χ3n) is 5.29. The van der Waals surface area contributed by atoms with Crippen molar-refractivity contribution in [3.63, 3.8) is 0 Å². The highest BCUT2D eigenvalue weighted by Crippen LogP contribution is 2.27. The number of hydrogen-bond acceptors (Lipinski definition) is 5. The smallest absolute Gasteiger partial charge is 0.232 e. The number of nitrogens with zero attached hydrogens (tertiary/aromatic N) is 4. The third-order valence-corrected chi connectivity index (χ3v) is 6.35. The molecule has 7 heteroatoms. The molecule has 156 valence electrons. The molecule has 0 spiro atoms. The molecule has 0 bridgehead atoms. The molecule has 0 aliphatic carbocycles. The summed E-state index contributed by atoms with van der Waals surface area (Å²) in [5.74, 6) is 0.172. The van der Waals surface area contributed by atoms with Gasteiger partial charge >= 0.3 is 0 Å². The van der Waals surface area contributed by atoms with Gasteiger partial charge in [-0.25, -0.2) is 4.39 Å². The summed E-state index contributed by atoms with van der Waals surface area (Å²) in [6.07, 6.45) is 2.65. The monoisotopic (exact) mass is 424 g/mol. The van der Waals surface area contributed by atoms with Gasteiger partial charge in [0.25, 0.3) is 0 Å². The van der Waals surface area contributed by atoms with Crippen LogP contribution in [0.3, 0.4) is 0 Å². The molecule has 0 radical (unpaired) electrons. The summed E-state index contributed by atoms with van der Waals surface area (Å²) in [6, 6.07) is 12.5. The molecule has 30 heavy (non-hydrogen) atoms. The van der Waals surface area contributed by atoms with Gasteiger partial charge in [0.15, 0.2) is 0 Å². The zero-order valence-corrected chi connectivity index (χ0v) is 17.9. The fraction of sp³-hybridized carbons (Fsp3) is 0.348. The maximum Gasteiger partial charge on any atom is 0.232 e. The minimum atomic E-state index is -0.292. The molecule has 1 fully saturated rings. The molecule has 1 aromatic carbocycles. The van der Waals surface area contributed by atoms with Gasteiger partial charge in [0.05, 0.1) is 17.0 Å². The van der Waals surface area contributed by atoms with Gasteiger partial charge in [-0.1, -0.05) is 6.07 Å². The molecule has 1 aliphatic rings. The van der Waals surface area contributed by atoms with Crippen molar-refractivity contribution in [2.24, 2.45) is 0 Å². The van der Waals surface area contributed by atoms with E-state index in [4.69, 9.17) is 0 Å². The van der Waals surface area contributed by atoms with Crippen LogP contribution < -0.4 is 0 Å². The Morgan fingerprint density at radius 2 is 2.03 bits per heavy atom. The van der Waals surface area contributed by atoms with Gasteiger partial charge in [0.2, 0.25) is 5.91 Å². The predicted molar refractivity (Wildman–Crippen MR) is 118 cm³/mol. The molecule has 1 aliphatic heterocycles. The van der Waals surface area contributed by atoms with E-state index in [2.05, 4.69) is 20.9 Å². The van der Waals surface area contributed by atoms with E-state index >= 15 is 0 Å². The van der Waals surface area contributed by atoms with Crippen LogP contribution in [-0.2, 0) is 11.3 Å². The number of pyridine rings is 2. The first-order chi connectivity index (χ1) is 14.6. The molecule has 0 N–H and O–H groups in total. The second-order valence-electron chi connectivity index (χ2n) is 7.54. The minimum Gasteiger partial charge on any atom is -0.341 e. The Morgan fingerprint density at radius 1 is 1.13 bits per heavy atom. The number of rotatable bonds is 5. The van der Waals surface area contributed by atoms with Gasteiger partial charge in [0, 0.05) is 54.9 Å². The number of thioether (sulfide) groups is 1. The molecule has 3 heterocycles. The van der Waals surface area contributed by atoms with Gasteiger partial charge in [0.1, 0.15) is 5.82 Å². The highest BCUT2D eigenvalue weighted by Gasteiger charge is 2.20. The molecule has 1 amide bonds. The van der Waals surface area contributed by atoms with Crippen LogP contribution in [0.15, 0.2) is 53.6 Å². The summed E-state index contributed by atoms with van der Waals surface area (Å²) in [5, 5.41) is 0.753. The van der Waals surface area contributed by atoms with Gasteiger partial charge in [-0.3, -0.25) is 19.7 Å². The lowest BCUT2D eigenvalue weighted by Gasteiger charge is -2.22. The van der Waals surface area contributed by atoms with E-state index < -0.39 is 0 Å². The molecule has 3 aromatic rings. The Balaban J connectivity index is 1.34. The molecule has 0 unspecified atom stereocenters. The molecule has 0 atom stereocenters. The maximum atomic E-state index is 13.6. The van der Waals surface area contributed by atoms with Gasteiger partial charge < -0.3 is 4.90 Å². The quantitative estimate of drug-likeness (QED) is 0.582. The zero-order chi connectivity index (χ0) is 20.9. The van der Waals surface area contributed by atoms with Crippen molar-refractivity contribution in [2.45, 2.75) is 24.8 Å². The summed E-state index contributed by atoms with van der Waals surface area (Å²) in [4.78, 5) is 26.9. The number of amides is 1. The fourth-order valence-corrected chi connectivity index (χ4v) is 4.68. The SMILES string of the molecule is Cc1cccc(CN2CCCN(C(=O)CSc3ccnc4ccc(F)cc34)CC2)n1. The lowest BCUT2D eigenvalue weighted by molar-refractivity contribution is -0.128. The number of carbonyl (C=O) groups excluding carboxylic acids is 1. The minimum absolute atomic E-state index is 0.122. The van der Waals surface area contributed by atoms with Crippen molar-refractivity contribution in [3.8, 4) is 0 Å². The lowest BCUT2D eigenvalue weighted by Crippen LogP contribution is -2.36. The van der Waals surface area contributed by atoms with Crippen LogP contribution in [-0.4, -0.2) is 57.6 Å². The second kappa shape index (κ2) is 9.53. The summed E-state index contributed by atoms with van der Waals surface area (Å²) in [6.45, 7) is 6.10. The molecular formula is C23H25FN4OS. The molecule has 5 nitrogen and oxygen atoms in total. The molecule has 0 saturated carbocycles. The van der Waals surface area contributed by atoms with Crippen molar-refractivity contribution in [1.82, 2.24) is 19.8 Å². The largest absolute Gasteiger partial charge is 0.341 e. The summed E-state index contributed by atoms with van der Waals surface area (Å²) in [7, 11) is 0. The van der Waals surface area contributed by atoms with E-state index in [-0.39, 0.29) is 11.7 Å². The Morgan fingerprint density at radius 3 is 2.90 bits per heavy atom. The number of hydrogen-bond donors (Lipinski definition) is 0.